The van der Waals surface area contributed by atoms with Crippen molar-refractivity contribution in [1.82, 2.24) is 0 Å². The van der Waals surface area contributed by atoms with Crippen LogP contribution in [-0.2, 0) is 5.41 Å². The van der Waals surface area contributed by atoms with Crippen LogP contribution in [0.3, 0.4) is 0 Å². The zero-order valence-electron chi connectivity index (χ0n) is 14.4. The zero-order chi connectivity index (χ0) is 16.4. The number of rotatable bonds is 2. The molecule has 2 aliphatic carbocycles. The molecule has 116 valence electrons. The molecule has 0 bridgehead atoms. The van der Waals surface area contributed by atoms with Crippen LogP contribution in [0.1, 0.15) is 43.0 Å². The van der Waals surface area contributed by atoms with Gasteiger partial charge < -0.3 is 0 Å². The summed E-state index contributed by atoms with van der Waals surface area (Å²) in [5, 5.41) is 0. The monoisotopic (exact) mass is 300 g/mol. The second-order valence-corrected chi connectivity index (χ2v) is 7.23. The average Bonchev–Trinajstić information content (AvgIpc) is 2.95. The van der Waals surface area contributed by atoms with Crippen molar-refractivity contribution in [3.8, 4) is 11.1 Å². The van der Waals surface area contributed by atoms with Crippen molar-refractivity contribution in [2.24, 2.45) is 0 Å². The Morgan fingerprint density at radius 1 is 0.739 bits per heavy atom. The standard InChI is InChI=1S/C23H24/c1-17-15-20(23(2,3)4)16-19(22-12-8-11-21(17)22)14-13-18-9-6-5-7-10-18/h5-16H,1-4H3/b14-13+. The third-order valence-electron chi connectivity index (χ3n) is 4.36. The Morgan fingerprint density at radius 2 is 1.43 bits per heavy atom. The molecule has 0 heteroatoms. The molecule has 3 rings (SSSR count). The van der Waals surface area contributed by atoms with Gasteiger partial charge in [0.2, 0.25) is 0 Å². The van der Waals surface area contributed by atoms with Crippen molar-refractivity contribution in [1.29, 1.82) is 0 Å². The van der Waals surface area contributed by atoms with Gasteiger partial charge in [0.15, 0.2) is 0 Å². The minimum atomic E-state index is 0.135. The number of benzene rings is 1. The number of fused-ring (bicyclic) bond motifs is 1. The summed E-state index contributed by atoms with van der Waals surface area (Å²) in [6, 6.07) is 21.7. The average molecular weight is 300 g/mol. The second-order valence-electron chi connectivity index (χ2n) is 7.23. The summed E-state index contributed by atoms with van der Waals surface area (Å²) in [6.45, 7) is 9.04. The normalized spacial score (nSPS) is 12.2. The van der Waals surface area contributed by atoms with Crippen LogP contribution in [0.4, 0.5) is 0 Å². The summed E-state index contributed by atoms with van der Waals surface area (Å²) in [7, 11) is 0. The highest BCUT2D eigenvalue weighted by atomic mass is 14.2. The molecule has 0 saturated carbocycles. The highest BCUT2D eigenvalue weighted by Crippen LogP contribution is 2.34. The molecule has 0 spiro atoms. The summed E-state index contributed by atoms with van der Waals surface area (Å²) in [4.78, 5) is 0. The lowest BCUT2D eigenvalue weighted by molar-refractivity contribution is 0.590. The summed E-state index contributed by atoms with van der Waals surface area (Å²) >= 11 is 0. The molecule has 0 nitrogen and oxygen atoms in total. The van der Waals surface area contributed by atoms with E-state index < -0.39 is 0 Å². The highest BCUT2D eigenvalue weighted by Gasteiger charge is 2.17. The van der Waals surface area contributed by atoms with Crippen molar-refractivity contribution in [3.05, 3.63) is 82.9 Å². The Morgan fingerprint density at radius 3 is 2.13 bits per heavy atom. The summed E-state index contributed by atoms with van der Waals surface area (Å²) < 4.78 is 0. The summed E-state index contributed by atoms with van der Waals surface area (Å²) in [6.07, 6.45) is 4.44. The zero-order valence-corrected chi connectivity index (χ0v) is 14.4. The maximum absolute atomic E-state index is 2.34. The van der Waals surface area contributed by atoms with E-state index in [9.17, 15) is 0 Å². The first kappa shape index (κ1) is 15.6. The third kappa shape index (κ3) is 3.37. The van der Waals surface area contributed by atoms with Gasteiger partial charge in [0, 0.05) is 0 Å². The quantitative estimate of drug-likeness (QED) is 0.502. The Kier molecular flexibility index (Phi) is 4.09. The van der Waals surface area contributed by atoms with Gasteiger partial charge in [0.05, 0.1) is 0 Å². The van der Waals surface area contributed by atoms with Gasteiger partial charge in [0.25, 0.3) is 0 Å². The lowest BCUT2D eigenvalue weighted by Crippen LogP contribution is -2.10. The van der Waals surface area contributed by atoms with E-state index in [0.717, 1.165) is 0 Å². The molecule has 0 unspecified atom stereocenters. The van der Waals surface area contributed by atoms with Crippen LogP contribution >= 0.6 is 0 Å². The first-order chi connectivity index (χ1) is 10.9. The first-order valence-electron chi connectivity index (χ1n) is 8.22. The maximum Gasteiger partial charge on any atom is -0.0109 e. The molecule has 23 heavy (non-hydrogen) atoms. The van der Waals surface area contributed by atoms with Gasteiger partial charge in [-0.2, -0.15) is 0 Å². The van der Waals surface area contributed by atoms with Crippen molar-refractivity contribution >= 4 is 12.2 Å². The molecule has 0 saturated heterocycles. The van der Waals surface area contributed by atoms with E-state index in [-0.39, 0.29) is 5.41 Å². The molecule has 0 atom stereocenters. The van der Waals surface area contributed by atoms with Gasteiger partial charge >= 0.3 is 0 Å². The largest absolute Gasteiger partial charge is 0.0622 e. The van der Waals surface area contributed by atoms with Gasteiger partial charge in [-0.25, -0.2) is 0 Å². The van der Waals surface area contributed by atoms with Crippen molar-refractivity contribution in [2.45, 2.75) is 33.1 Å². The van der Waals surface area contributed by atoms with Crippen LogP contribution in [0, 0.1) is 6.92 Å². The van der Waals surface area contributed by atoms with Gasteiger partial charge in [-0.15, -0.1) is 0 Å². The molecule has 1 aromatic rings. The molecule has 0 aromatic heterocycles. The van der Waals surface area contributed by atoms with E-state index in [2.05, 4.69) is 101 Å². The van der Waals surface area contributed by atoms with E-state index in [0.29, 0.717) is 0 Å². The fourth-order valence-electron chi connectivity index (χ4n) is 2.93. The van der Waals surface area contributed by atoms with Crippen LogP contribution in [-0.4, -0.2) is 0 Å². The lowest BCUT2D eigenvalue weighted by Gasteiger charge is -2.18. The van der Waals surface area contributed by atoms with E-state index in [1.54, 1.807) is 0 Å². The molecular weight excluding hydrogens is 276 g/mol. The van der Waals surface area contributed by atoms with Crippen molar-refractivity contribution in [3.63, 3.8) is 0 Å². The lowest BCUT2D eigenvalue weighted by atomic mass is 9.87. The van der Waals surface area contributed by atoms with E-state index in [4.69, 9.17) is 0 Å². The SMILES string of the molecule is Cc1cc(C(C)(C)C)cc(/C=C/c2ccccc2)c2cccc1-2. The number of aryl methyl sites for hydroxylation is 1. The molecule has 0 heterocycles. The maximum atomic E-state index is 2.34. The van der Waals surface area contributed by atoms with Crippen LogP contribution in [0.15, 0.2) is 60.7 Å². The molecule has 0 radical (unpaired) electrons. The van der Waals surface area contributed by atoms with Crippen molar-refractivity contribution < 1.29 is 0 Å². The summed E-state index contributed by atoms with van der Waals surface area (Å²) in [5.74, 6) is 0. The second kappa shape index (κ2) is 6.04. The molecule has 0 aliphatic heterocycles. The molecule has 0 amide bonds. The van der Waals surface area contributed by atoms with Crippen LogP contribution in [0.2, 0.25) is 0 Å². The minimum Gasteiger partial charge on any atom is -0.0622 e. The third-order valence-corrected chi connectivity index (χ3v) is 4.36. The highest BCUT2D eigenvalue weighted by molar-refractivity contribution is 5.83. The first-order valence-corrected chi connectivity index (χ1v) is 8.22. The minimum absolute atomic E-state index is 0.135. The molecule has 0 N–H and O–H groups in total. The molecular formula is C23H24. The van der Waals surface area contributed by atoms with Gasteiger partial charge in [0.1, 0.15) is 0 Å². The van der Waals surface area contributed by atoms with E-state index in [1.165, 1.54) is 33.4 Å². The Bertz CT molecular complexity index is 801. The van der Waals surface area contributed by atoms with Gasteiger partial charge in [-0.3, -0.25) is 0 Å². The van der Waals surface area contributed by atoms with Gasteiger partial charge in [-0.05, 0) is 45.7 Å². The Labute approximate surface area is 139 Å². The van der Waals surface area contributed by atoms with Crippen LogP contribution in [0.25, 0.3) is 23.3 Å². The molecule has 1 aromatic carbocycles. The fraction of sp³-hybridized carbons (Fsp3) is 0.217. The molecule has 0 fully saturated rings. The number of hydrogen-bond donors (Lipinski definition) is 0. The smallest absolute Gasteiger partial charge is 0.0109 e. The summed E-state index contributed by atoms with van der Waals surface area (Å²) in [5.41, 5.74) is 8.03. The number of hydrogen-bond acceptors (Lipinski definition) is 0. The van der Waals surface area contributed by atoms with Crippen LogP contribution in [0.5, 0.6) is 0 Å². The van der Waals surface area contributed by atoms with Crippen molar-refractivity contribution in [2.75, 3.05) is 0 Å². The Hall–Kier alpha value is -2.34. The van der Waals surface area contributed by atoms with Gasteiger partial charge in [-0.1, -0.05) is 93.6 Å². The van der Waals surface area contributed by atoms with E-state index in [1.807, 2.05) is 0 Å². The predicted octanol–water partition coefficient (Wildman–Crippen LogP) is 6.57. The fourth-order valence-corrected chi connectivity index (χ4v) is 2.93. The molecule has 2 aliphatic rings. The topological polar surface area (TPSA) is 0 Å². The predicted molar refractivity (Wildman–Crippen MR) is 102 cm³/mol. The van der Waals surface area contributed by atoms with E-state index >= 15 is 0 Å². The Balaban J connectivity index is 2.16. The van der Waals surface area contributed by atoms with Crippen LogP contribution < -0.4 is 0 Å².